The van der Waals surface area contributed by atoms with Gasteiger partial charge in [0.15, 0.2) is 0 Å². The van der Waals surface area contributed by atoms with Crippen molar-refractivity contribution in [1.29, 1.82) is 0 Å². The summed E-state index contributed by atoms with van der Waals surface area (Å²) >= 11 is 0. The molecule has 114 valence electrons. The van der Waals surface area contributed by atoms with Crippen LogP contribution < -0.4 is 0 Å². The molecule has 1 N–H and O–H groups in total. The quantitative estimate of drug-likeness (QED) is 0.865. The van der Waals surface area contributed by atoms with Gasteiger partial charge in [0.1, 0.15) is 6.54 Å². The Balaban J connectivity index is 1.83. The van der Waals surface area contributed by atoms with E-state index < -0.39 is 5.97 Å². The van der Waals surface area contributed by atoms with Gasteiger partial charge in [-0.25, -0.2) is 0 Å². The molecule has 0 atom stereocenters. The van der Waals surface area contributed by atoms with Crippen molar-refractivity contribution in [1.82, 2.24) is 4.90 Å². The second-order valence-electron chi connectivity index (χ2n) is 5.36. The molecule has 0 aromatic heterocycles. The zero-order valence-electron chi connectivity index (χ0n) is 12.5. The Kier molecular flexibility index (Phi) is 4.11. The molecular weight excluding hydrogens is 290 g/mol. The predicted octanol–water partition coefficient (Wildman–Crippen LogP) is 2.17. The van der Waals surface area contributed by atoms with Crippen LogP contribution >= 0.6 is 0 Å². The highest BCUT2D eigenvalue weighted by Gasteiger charge is 2.25. The molecule has 0 saturated heterocycles. The fourth-order valence-corrected chi connectivity index (χ4v) is 2.59. The number of carboxylic acids is 1. The summed E-state index contributed by atoms with van der Waals surface area (Å²) in [7, 11) is 0. The summed E-state index contributed by atoms with van der Waals surface area (Å²) in [6.07, 6.45) is 0.648. The molecule has 23 heavy (non-hydrogen) atoms. The number of amides is 1. The van der Waals surface area contributed by atoms with Gasteiger partial charge in [0.25, 0.3) is 5.91 Å². The van der Waals surface area contributed by atoms with E-state index in [4.69, 9.17) is 5.11 Å². The molecule has 0 bridgehead atoms. The number of benzene rings is 2. The van der Waals surface area contributed by atoms with Gasteiger partial charge >= 0.3 is 5.97 Å². The Bertz CT molecular complexity index is 815. The van der Waals surface area contributed by atoms with E-state index in [1.807, 2.05) is 36.4 Å². The minimum absolute atomic E-state index is 0.226. The first-order chi connectivity index (χ1) is 11.1. The van der Waals surface area contributed by atoms with E-state index in [1.165, 1.54) is 4.90 Å². The van der Waals surface area contributed by atoms with Crippen LogP contribution in [-0.2, 0) is 11.2 Å². The third-order valence-electron chi connectivity index (χ3n) is 3.73. The molecule has 0 fully saturated rings. The first-order valence-corrected chi connectivity index (χ1v) is 7.34. The van der Waals surface area contributed by atoms with Gasteiger partial charge in [-0.2, -0.15) is 0 Å². The molecule has 4 heteroatoms. The van der Waals surface area contributed by atoms with Crippen LogP contribution in [0.1, 0.15) is 27.0 Å². The first kappa shape index (κ1) is 14.9. The van der Waals surface area contributed by atoms with Crippen LogP contribution in [0, 0.1) is 11.8 Å². The SMILES string of the molecule is O=C(O)CN1CCc2cc(C#Cc3ccccc3)ccc2C1=O. The average molecular weight is 305 g/mol. The van der Waals surface area contributed by atoms with Gasteiger partial charge < -0.3 is 10.0 Å². The fraction of sp³-hybridized carbons (Fsp3) is 0.158. The molecule has 0 spiro atoms. The Morgan fingerprint density at radius 3 is 2.57 bits per heavy atom. The maximum Gasteiger partial charge on any atom is 0.323 e. The second-order valence-corrected chi connectivity index (χ2v) is 5.36. The number of carbonyl (C=O) groups is 2. The zero-order valence-corrected chi connectivity index (χ0v) is 12.5. The smallest absolute Gasteiger partial charge is 0.323 e. The molecular formula is C19H15NO3. The summed E-state index contributed by atoms with van der Waals surface area (Å²) in [6.45, 7) is 0.168. The molecule has 1 heterocycles. The number of aliphatic carboxylic acids is 1. The van der Waals surface area contributed by atoms with Gasteiger partial charge in [-0.3, -0.25) is 9.59 Å². The number of rotatable bonds is 2. The lowest BCUT2D eigenvalue weighted by Crippen LogP contribution is -2.40. The van der Waals surface area contributed by atoms with Crippen molar-refractivity contribution in [3.63, 3.8) is 0 Å². The summed E-state index contributed by atoms with van der Waals surface area (Å²) in [5.74, 6) is 4.97. The van der Waals surface area contributed by atoms with Gasteiger partial charge in [-0.1, -0.05) is 30.0 Å². The normalized spacial score (nSPS) is 13.0. The van der Waals surface area contributed by atoms with Crippen LogP contribution in [0.25, 0.3) is 0 Å². The molecule has 0 radical (unpaired) electrons. The topological polar surface area (TPSA) is 57.6 Å². The van der Waals surface area contributed by atoms with Crippen LogP contribution in [0.3, 0.4) is 0 Å². The minimum Gasteiger partial charge on any atom is -0.480 e. The zero-order chi connectivity index (χ0) is 16.2. The van der Waals surface area contributed by atoms with Gasteiger partial charge in [-0.05, 0) is 42.3 Å². The van der Waals surface area contributed by atoms with Crippen LogP contribution in [0.15, 0.2) is 48.5 Å². The van der Waals surface area contributed by atoms with Gasteiger partial charge in [0.05, 0.1) is 0 Å². The molecule has 1 aliphatic rings. The van der Waals surface area contributed by atoms with Crippen molar-refractivity contribution in [2.45, 2.75) is 6.42 Å². The lowest BCUT2D eigenvalue weighted by molar-refractivity contribution is -0.137. The van der Waals surface area contributed by atoms with Gasteiger partial charge in [0, 0.05) is 23.2 Å². The van der Waals surface area contributed by atoms with E-state index in [1.54, 1.807) is 12.1 Å². The van der Waals surface area contributed by atoms with Crippen LogP contribution in [0.4, 0.5) is 0 Å². The van der Waals surface area contributed by atoms with Gasteiger partial charge in [0.2, 0.25) is 0 Å². The Labute approximate surface area is 134 Å². The van der Waals surface area contributed by atoms with E-state index >= 15 is 0 Å². The standard InChI is InChI=1S/C19H15NO3/c21-18(22)13-20-11-10-16-12-15(8-9-17(16)19(20)23)7-6-14-4-2-1-3-5-14/h1-5,8-9,12H,10-11,13H2,(H,21,22). The predicted molar refractivity (Wildman–Crippen MR) is 86.1 cm³/mol. The summed E-state index contributed by atoms with van der Waals surface area (Å²) < 4.78 is 0. The van der Waals surface area contributed by atoms with E-state index in [-0.39, 0.29) is 12.5 Å². The fourth-order valence-electron chi connectivity index (χ4n) is 2.59. The summed E-state index contributed by atoms with van der Waals surface area (Å²) in [4.78, 5) is 24.4. The lowest BCUT2D eigenvalue weighted by Gasteiger charge is -2.27. The molecule has 1 aliphatic heterocycles. The van der Waals surface area contributed by atoms with Crippen molar-refractivity contribution in [3.05, 3.63) is 70.8 Å². The van der Waals surface area contributed by atoms with E-state index in [2.05, 4.69) is 11.8 Å². The minimum atomic E-state index is -0.993. The molecule has 4 nitrogen and oxygen atoms in total. The van der Waals surface area contributed by atoms with Crippen LogP contribution in [0.2, 0.25) is 0 Å². The number of carbonyl (C=O) groups excluding carboxylic acids is 1. The number of fused-ring (bicyclic) bond motifs is 1. The molecule has 1 amide bonds. The number of carboxylic acid groups (broad SMARTS) is 1. The van der Waals surface area contributed by atoms with Crippen molar-refractivity contribution in [2.24, 2.45) is 0 Å². The molecule has 0 aliphatic carbocycles. The molecule has 0 unspecified atom stereocenters. The third kappa shape index (κ3) is 3.41. The Morgan fingerprint density at radius 1 is 1.09 bits per heavy atom. The van der Waals surface area contributed by atoms with Crippen molar-refractivity contribution in [2.75, 3.05) is 13.1 Å². The van der Waals surface area contributed by atoms with Crippen molar-refractivity contribution < 1.29 is 14.7 Å². The maximum atomic E-state index is 12.3. The molecule has 3 rings (SSSR count). The van der Waals surface area contributed by atoms with E-state index in [9.17, 15) is 9.59 Å². The maximum absolute atomic E-state index is 12.3. The molecule has 2 aromatic rings. The summed E-state index contributed by atoms with van der Waals surface area (Å²) in [6, 6.07) is 15.2. The largest absolute Gasteiger partial charge is 0.480 e. The van der Waals surface area contributed by atoms with E-state index in [0.29, 0.717) is 18.5 Å². The number of hydrogen-bond acceptors (Lipinski definition) is 2. The number of hydrogen-bond donors (Lipinski definition) is 1. The average Bonchev–Trinajstić information content (AvgIpc) is 2.56. The highest BCUT2D eigenvalue weighted by molar-refractivity contribution is 5.98. The van der Waals surface area contributed by atoms with Crippen molar-refractivity contribution >= 4 is 11.9 Å². The third-order valence-corrected chi connectivity index (χ3v) is 3.73. The first-order valence-electron chi connectivity index (χ1n) is 7.34. The summed E-state index contributed by atoms with van der Waals surface area (Å²) in [5, 5.41) is 8.84. The second kappa shape index (κ2) is 6.37. The highest BCUT2D eigenvalue weighted by atomic mass is 16.4. The van der Waals surface area contributed by atoms with E-state index in [0.717, 1.165) is 16.7 Å². The van der Waals surface area contributed by atoms with Gasteiger partial charge in [-0.15, -0.1) is 0 Å². The Hall–Kier alpha value is -3.06. The monoisotopic (exact) mass is 305 g/mol. The Morgan fingerprint density at radius 2 is 1.83 bits per heavy atom. The molecule has 2 aromatic carbocycles. The number of nitrogens with zero attached hydrogens (tertiary/aromatic N) is 1. The van der Waals surface area contributed by atoms with Crippen molar-refractivity contribution in [3.8, 4) is 11.8 Å². The molecule has 0 saturated carbocycles. The van der Waals surface area contributed by atoms with Crippen LogP contribution in [-0.4, -0.2) is 35.0 Å². The highest BCUT2D eigenvalue weighted by Crippen LogP contribution is 2.20. The van der Waals surface area contributed by atoms with Crippen LogP contribution in [0.5, 0.6) is 0 Å². The summed E-state index contributed by atoms with van der Waals surface area (Å²) in [5.41, 5.74) is 3.29. The lowest BCUT2D eigenvalue weighted by atomic mass is 9.96.